The molecule has 0 saturated carbocycles. The average Bonchev–Trinajstić information content (AvgIpc) is 3.29. The van der Waals surface area contributed by atoms with E-state index in [-0.39, 0.29) is 11.8 Å². The van der Waals surface area contributed by atoms with Gasteiger partial charge in [-0.15, -0.1) is 10.2 Å². The highest BCUT2D eigenvalue weighted by atomic mass is 16.2. The van der Waals surface area contributed by atoms with Crippen LogP contribution in [0, 0.1) is 0 Å². The monoisotopic (exact) mass is 411 g/mol. The summed E-state index contributed by atoms with van der Waals surface area (Å²) in [6, 6.07) is 23.2. The van der Waals surface area contributed by atoms with Gasteiger partial charge in [-0.3, -0.25) is 9.59 Å². The van der Waals surface area contributed by atoms with Crippen LogP contribution < -0.4 is 10.6 Å². The van der Waals surface area contributed by atoms with Crippen molar-refractivity contribution in [3.63, 3.8) is 0 Å². The summed E-state index contributed by atoms with van der Waals surface area (Å²) >= 11 is 0. The first kappa shape index (κ1) is 20.0. The second-order valence-corrected chi connectivity index (χ2v) is 6.87. The maximum Gasteiger partial charge on any atom is 0.255 e. The van der Waals surface area contributed by atoms with Crippen molar-refractivity contribution in [2.45, 2.75) is 13.5 Å². The van der Waals surface area contributed by atoms with Gasteiger partial charge in [-0.25, -0.2) is 0 Å². The quantitative estimate of drug-likeness (QED) is 0.490. The number of carbonyl (C=O) groups excluding carboxylic acids is 2. The van der Waals surface area contributed by atoms with Crippen molar-refractivity contribution >= 4 is 23.2 Å². The van der Waals surface area contributed by atoms with Gasteiger partial charge in [-0.05, 0) is 55.5 Å². The maximum absolute atomic E-state index is 12.7. The first-order chi connectivity index (χ1) is 15.1. The number of carbonyl (C=O) groups is 2. The molecular weight excluding hydrogens is 390 g/mol. The number of amides is 2. The molecule has 0 saturated heterocycles. The van der Waals surface area contributed by atoms with Crippen LogP contribution in [0.2, 0.25) is 0 Å². The summed E-state index contributed by atoms with van der Waals surface area (Å²) < 4.78 is 1.93. The minimum absolute atomic E-state index is 0.199. The van der Waals surface area contributed by atoms with E-state index in [9.17, 15) is 9.59 Å². The van der Waals surface area contributed by atoms with Gasteiger partial charge in [-0.2, -0.15) is 0 Å². The summed E-state index contributed by atoms with van der Waals surface area (Å²) in [5.74, 6) is 0.307. The third-order valence-electron chi connectivity index (χ3n) is 4.78. The topological polar surface area (TPSA) is 88.9 Å². The molecule has 0 bridgehead atoms. The highest BCUT2D eigenvalue weighted by molar-refractivity contribution is 6.06. The Hall–Kier alpha value is -4.26. The fraction of sp³-hybridized carbons (Fsp3) is 0.0833. The molecule has 0 unspecified atom stereocenters. The first-order valence-electron chi connectivity index (χ1n) is 9.90. The Morgan fingerprint density at radius 1 is 0.806 bits per heavy atom. The molecule has 0 fully saturated rings. The Labute approximate surface area is 179 Å². The standard InChI is InChI=1S/C24H21N5O2/c1-2-29-16-25-28-22(29)19-9-6-10-21(15-19)27-24(31)18-11-13-20(14-12-18)26-23(30)17-7-4-3-5-8-17/h3-16H,2H2,1H3,(H,26,30)(H,27,31). The number of aryl methyl sites for hydroxylation is 1. The van der Waals surface area contributed by atoms with Gasteiger partial charge in [0.2, 0.25) is 0 Å². The van der Waals surface area contributed by atoms with Crippen LogP contribution in [0.15, 0.2) is 85.2 Å². The van der Waals surface area contributed by atoms with Crippen LogP contribution in [0.25, 0.3) is 11.4 Å². The molecule has 0 atom stereocenters. The number of benzene rings is 3. The molecule has 0 radical (unpaired) electrons. The number of nitrogens with one attached hydrogen (secondary N) is 2. The number of nitrogens with zero attached hydrogens (tertiary/aromatic N) is 3. The molecule has 154 valence electrons. The van der Waals surface area contributed by atoms with Crippen molar-refractivity contribution < 1.29 is 9.59 Å². The highest BCUT2D eigenvalue weighted by Crippen LogP contribution is 2.21. The lowest BCUT2D eigenvalue weighted by Gasteiger charge is -2.09. The third-order valence-corrected chi connectivity index (χ3v) is 4.78. The fourth-order valence-corrected chi connectivity index (χ4v) is 3.15. The van der Waals surface area contributed by atoms with Gasteiger partial charge in [-0.1, -0.05) is 30.3 Å². The normalized spacial score (nSPS) is 10.5. The minimum atomic E-state index is -0.241. The molecule has 0 aliphatic rings. The fourth-order valence-electron chi connectivity index (χ4n) is 3.15. The molecule has 4 aromatic rings. The zero-order valence-corrected chi connectivity index (χ0v) is 16.9. The zero-order chi connectivity index (χ0) is 21.6. The third kappa shape index (κ3) is 4.67. The molecule has 0 aliphatic carbocycles. The van der Waals surface area contributed by atoms with Crippen LogP contribution >= 0.6 is 0 Å². The maximum atomic E-state index is 12.7. The summed E-state index contributed by atoms with van der Waals surface area (Å²) in [4.78, 5) is 24.9. The van der Waals surface area contributed by atoms with Crippen molar-refractivity contribution in [2.24, 2.45) is 0 Å². The predicted molar refractivity (Wildman–Crippen MR) is 120 cm³/mol. The lowest BCUT2D eigenvalue weighted by molar-refractivity contribution is 0.102. The Morgan fingerprint density at radius 2 is 1.48 bits per heavy atom. The van der Waals surface area contributed by atoms with Crippen LogP contribution in [0.5, 0.6) is 0 Å². The van der Waals surface area contributed by atoms with Crippen LogP contribution in [-0.2, 0) is 6.54 Å². The zero-order valence-electron chi connectivity index (χ0n) is 16.9. The van der Waals surface area contributed by atoms with Crippen molar-refractivity contribution in [2.75, 3.05) is 10.6 Å². The highest BCUT2D eigenvalue weighted by Gasteiger charge is 2.11. The number of hydrogen-bond donors (Lipinski definition) is 2. The summed E-state index contributed by atoms with van der Waals surface area (Å²) in [6.45, 7) is 2.77. The summed E-state index contributed by atoms with van der Waals surface area (Å²) in [5, 5.41) is 13.8. The van der Waals surface area contributed by atoms with Crippen LogP contribution in [-0.4, -0.2) is 26.6 Å². The van der Waals surface area contributed by atoms with E-state index >= 15 is 0 Å². The molecule has 1 heterocycles. The molecule has 1 aromatic heterocycles. The largest absolute Gasteiger partial charge is 0.322 e. The number of anilines is 2. The van der Waals surface area contributed by atoms with Gasteiger partial charge in [0.15, 0.2) is 5.82 Å². The SMILES string of the molecule is CCn1cnnc1-c1cccc(NC(=O)c2ccc(NC(=O)c3ccccc3)cc2)c1. The number of aromatic nitrogens is 3. The van der Waals surface area contributed by atoms with Crippen molar-refractivity contribution in [3.05, 3.63) is 96.3 Å². The Balaban J connectivity index is 1.43. The summed E-state index contributed by atoms with van der Waals surface area (Å²) in [6.07, 6.45) is 1.68. The van der Waals surface area contributed by atoms with Gasteiger partial charge in [0.25, 0.3) is 11.8 Å². The van der Waals surface area contributed by atoms with Crippen molar-refractivity contribution in [1.29, 1.82) is 0 Å². The predicted octanol–water partition coefficient (Wildman–Crippen LogP) is 4.47. The second kappa shape index (κ2) is 9.04. The van der Waals surface area contributed by atoms with Crippen LogP contribution in [0.3, 0.4) is 0 Å². The average molecular weight is 411 g/mol. The molecule has 4 rings (SSSR count). The molecule has 2 amide bonds. The van der Waals surface area contributed by atoms with Crippen molar-refractivity contribution in [1.82, 2.24) is 14.8 Å². The second-order valence-electron chi connectivity index (χ2n) is 6.87. The Morgan fingerprint density at radius 3 is 2.19 bits per heavy atom. The van der Waals surface area contributed by atoms with E-state index in [1.165, 1.54) is 0 Å². The molecule has 0 aliphatic heterocycles. The van der Waals surface area contributed by atoms with Gasteiger partial charge in [0.1, 0.15) is 6.33 Å². The van der Waals surface area contributed by atoms with E-state index < -0.39 is 0 Å². The molecule has 7 nitrogen and oxygen atoms in total. The van der Waals surface area contributed by atoms with Gasteiger partial charge in [0.05, 0.1) is 0 Å². The van der Waals surface area contributed by atoms with E-state index in [1.54, 1.807) is 42.7 Å². The summed E-state index contributed by atoms with van der Waals surface area (Å²) in [5.41, 5.74) is 3.21. The molecule has 7 heteroatoms. The van der Waals surface area contributed by atoms with Crippen molar-refractivity contribution in [3.8, 4) is 11.4 Å². The number of hydrogen-bond acceptors (Lipinski definition) is 4. The first-order valence-corrected chi connectivity index (χ1v) is 9.90. The molecular formula is C24H21N5O2. The van der Waals surface area contributed by atoms with E-state index in [2.05, 4.69) is 20.8 Å². The summed E-state index contributed by atoms with van der Waals surface area (Å²) in [7, 11) is 0. The minimum Gasteiger partial charge on any atom is -0.322 e. The lowest BCUT2D eigenvalue weighted by Crippen LogP contribution is -2.13. The Bertz CT molecular complexity index is 1200. The van der Waals surface area contributed by atoms with Gasteiger partial charge >= 0.3 is 0 Å². The van der Waals surface area contributed by atoms with Crippen LogP contribution in [0.4, 0.5) is 11.4 Å². The molecule has 3 aromatic carbocycles. The van der Waals surface area contributed by atoms with Gasteiger partial charge in [0, 0.05) is 34.6 Å². The van der Waals surface area contributed by atoms with Gasteiger partial charge < -0.3 is 15.2 Å². The smallest absolute Gasteiger partial charge is 0.255 e. The van der Waals surface area contributed by atoms with E-state index in [0.29, 0.717) is 22.5 Å². The molecule has 31 heavy (non-hydrogen) atoms. The van der Waals surface area contributed by atoms with E-state index in [1.807, 2.05) is 54.0 Å². The molecule has 0 spiro atoms. The lowest BCUT2D eigenvalue weighted by atomic mass is 10.1. The number of rotatable bonds is 6. The Kier molecular flexibility index (Phi) is 5.84. The van der Waals surface area contributed by atoms with E-state index in [0.717, 1.165) is 17.9 Å². The van der Waals surface area contributed by atoms with Crippen LogP contribution in [0.1, 0.15) is 27.6 Å². The molecule has 2 N–H and O–H groups in total. The van der Waals surface area contributed by atoms with E-state index in [4.69, 9.17) is 0 Å².